The summed E-state index contributed by atoms with van der Waals surface area (Å²) in [6.07, 6.45) is 8.80. The van der Waals surface area contributed by atoms with Gasteiger partial charge in [-0.2, -0.15) is 15.2 Å². The highest BCUT2D eigenvalue weighted by molar-refractivity contribution is 5.82. The van der Waals surface area contributed by atoms with Crippen molar-refractivity contribution in [1.82, 2.24) is 39.2 Å². The van der Waals surface area contributed by atoms with Crippen molar-refractivity contribution in [1.29, 1.82) is 0 Å². The van der Waals surface area contributed by atoms with Gasteiger partial charge in [-0.3, -0.25) is 9.78 Å². The van der Waals surface area contributed by atoms with Gasteiger partial charge in [-0.15, -0.1) is 0 Å². The van der Waals surface area contributed by atoms with Crippen LogP contribution in [-0.4, -0.2) is 70.0 Å². The highest BCUT2D eigenvalue weighted by atomic mass is 16.3. The van der Waals surface area contributed by atoms with Crippen molar-refractivity contribution in [3.05, 3.63) is 79.5 Å². The minimum atomic E-state index is -0.722. The van der Waals surface area contributed by atoms with Crippen LogP contribution in [0.5, 0.6) is 0 Å². The molecule has 1 aliphatic rings. The fourth-order valence-electron chi connectivity index (χ4n) is 3.59. The summed E-state index contributed by atoms with van der Waals surface area (Å²) in [5.74, 6) is 0.984. The molecule has 1 aliphatic heterocycles. The molecule has 11 heteroatoms. The van der Waals surface area contributed by atoms with E-state index in [4.69, 9.17) is 5.11 Å². The van der Waals surface area contributed by atoms with Crippen molar-refractivity contribution < 1.29 is 9.90 Å². The molecule has 5 aromatic rings. The molecular formula is C24H23N9O2. The number of anilines is 2. The number of nitrogens with zero attached hydrogens (tertiary/aromatic N) is 8. The number of nitrogens with one attached hydrogen (secondary N) is 1. The number of fused-ring (bicyclic) bond motifs is 1. The van der Waals surface area contributed by atoms with Crippen LogP contribution in [0.3, 0.4) is 0 Å². The molecule has 5 aromatic heterocycles. The molecule has 1 amide bonds. The predicted molar refractivity (Wildman–Crippen MR) is 129 cm³/mol. The number of amides is 1. The minimum absolute atomic E-state index is 0.148. The van der Waals surface area contributed by atoms with Crippen LogP contribution in [0.15, 0.2) is 79.5 Å². The Balaban J connectivity index is 0.000000271. The fourth-order valence-corrected chi connectivity index (χ4v) is 3.59. The molecule has 6 rings (SSSR count). The summed E-state index contributed by atoms with van der Waals surface area (Å²) < 4.78 is 3.49. The first kappa shape index (κ1) is 22.2. The van der Waals surface area contributed by atoms with E-state index in [9.17, 15) is 4.79 Å². The first-order valence-electron chi connectivity index (χ1n) is 11.0. The maximum atomic E-state index is 10.6. The van der Waals surface area contributed by atoms with Crippen molar-refractivity contribution in [2.24, 2.45) is 0 Å². The van der Waals surface area contributed by atoms with Crippen LogP contribution >= 0.6 is 0 Å². The Bertz CT molecular complexity index is 1440. The zero-order valence-electron chi connectivity index (χ0n) is 18.9. The van der Waals surface area contributed by atoms with E-state index in [1.807, 2.05) is 54.9 Å². The van der Waals surface area contributed by atoms with Gasteiger partial charge in [0.25, 0.3) is 5.91 Å². The van der Waals surface area contributed by atoms with Crippen LogP contribution in [-0.2, 0) is 4.79 Å². The number of pyridine rings is 2. The fraction of sp³-hybridized carbons (Fsp3) is 0.167. The van der Waals surface area contributed by atoms with Crippen LogP contribution in [0, 0.1) is 0 Å². The third-order valence-electron chi connectivity index (χ3n) is 5.46. The van der Waals surface area contributed by atoms with Gasteiger partial charge in [0.15, 0.2) is 5.82 Å². The molecule has 0 aliphatic carbocycles. The maximum Gasteiger partial charge on any atom is 0.251 e. The van der Waals surface area contributed by atoms with Crippen molar-refractivity contribution >= 4 is 23.1 Å². The summed E-state index contributed by atoms with van der Waals surface area (Å²) in [7, 11) is 1.69. The number of aromatic nitrogens is 7. The number of carbonyl (C=O) groups excluding carboxylic acids is 1. The number of hydrogen-bond acceptors (Lipinski definition) is 8. The average molecular weight is 470 g/mol. The second-order valence-electron chi connectivity index (χ2n) is 7.88. The molecule has 1 atom stereocenters. The monoisotopic (exact) mass is 469 g/mol. The lowest BCUT2D eigenvalue weighted by Crippen LogP contribution is -2.24. The standard InChI is InChI=1S/C19H14N8.C5H9NO2/c1-3-9-20-14(5-1)15-8-12-27(25-15)18-7-10-21-19(24-18)23-16-13-22-26-11-4-2-6-17(16)26;1-6-3-2-4(7)5(6)8/h1-13H,(H,21,23,24);4,7H,2-3H2,1H3. The Labute approximate surface area is 200 Å². The Morgan fingerprint density at radius 3 is 2.63 bits per heavy atom. The summed E-state index contributed by atoms with van der Waals surface area (Å²) in [6, 6.07) is 15.3. The minimum Gasteiger partial charge on any atom is -0.383 e. The maximum absolute atomic E-state index is 10.6. The number of likely N-dealkylation sites (N-methyl/N-ethyl adjacent to an activating group) is 1. The highest BCUT2D eigenvalue weighted by Gasteiger charge is 2.26. The summed E-state index contributed by atoms with van der Waals surface area (Å²) in [5.41, 5.74) is 3.38. The molecule has 0 radical (unpaired) electrons. The molecule has 1 unspecified atom stereocenters. The van der Waals surface area contributed by atoms with Crippen molar-refractivity contribution in [3.8, 4) is 17.2 Å². The van der Waals surface area contributed by atoms with E-state index >= 15 is 0 Å². The molecular weight excluding hydrogens is 446 g/mol. The van der Waals surface area contributed by atoms with Crippen molar-refractivity contribution in [2.75, 3.05) is 18.9 Å². The SMILES string of the molecule is CN1CCC(O)C1=O.c1ccc(-c2ccn(-c3ccnc(Nc4cnn5ccccc45)n3)n2)nc1. The van der Waals surface area contributed by atoms with Gasteiger partial charge in [0, 0.05) is 44.4 Å². The molecule has 176 valence electrons. The lowest BCUT2D eigenvalue weighted by Gasteiger charge is -2.05. The van der Waals surface area contributed by atoms with Gasteiger partial charge >= 0.3 is 0 Å². The molecule has 1 fully saturated rings. The lowest BCUT2D eigenvalue weighted by atomic mass is 10.3. The van der Waals surface area contributed by atoms with E-state index in [0.717, 1.165) is 22.6 Å². The molecule has 2 N–H and O–H groups in total. The van der Waals surface area contributed by atoms with E-state index in [1.54, 1.807) is 40.9 Å². The van der Waals surface area contributed by atoms with Crippen LogP contribution in [0.4, 0.5) is 11.6 Å². The zero-order valence-corrected chi connectivity index (χ0v) is 18.9. The molecule has 0 saturated carbocycles. The predicted octanol–water partition coefficient (Wildman–Crippen LogP) is 2.32. The number of rotatable bonds is 4. The molecule has 11 nitrogen and oxygen atoms in total. The van der Waals surface area contributed by atoms with Gasteiger partial charge in [0.2, 0.25) is 5.95 Å². The third-order valence-corrected chi connectivity index (χ3v) is 5.46. The molecule has 0 spiro atoms. The number of hydrogen-bond donors (Lipinski definition) is 2. The van der Waals surface area contributed by atoms with E-state index < -0.39 is 6.10 Å². The Morgan fingerprint density at radius 2 is 1.89 bits per heavy atom. The van der Waals surface area contributed by atoms with Gasteiger partial charge in [0.05, 0.1) is 23.1 Å². The van der Waals surface area contributed by atoms with E-state index in [-0.39, 0.29) is 5.91 Å². The number of carbonyl (C=O) groups is 1. The van der Waals surface area contributed by atoms with E-state index in [2.05, 4.69) is 30.5 Å². The number of likely N-dealkylation sites (tertiary alicyclic amines) is 1. The van der Waals surface area contributed by atoms with Gasteiger partial charge in [-0.05, 0) is 36.8 Å². The average Bonchev–Trinajstić information content (AvgIpc) is 3.62. The summed E-state index contributed by atoms with van der Waals surface area (Å²) in [4.78, 5) is 25.3. The largest absolute Gasteiger partial charge is 0.383 e. The first-order chi connectivity index (χ1) is 17.1. The van der Waals surface area contributed by atoms with Gasteiger partial charge in [0.1, 0.15) is 11.8 Å². The van der Waals surface area contributed by atoms with Crippen molar-refractivity contribution in [3.63, 3.8) is 0 Å². The highest BCUT2D eigenvalue weighted by Crippen LogP contribution is 2.20. The summed E-state index contributed by atoms with van der Waals surface area (Å²) >= 11 is 0. The van der Waals surface area contributed by atoms with E-state index in [0.29, 0.717) is 24.7 Å². The van der Waals surface area contributed by atoms with Gasteiger partial charge < -0.3 is 15.3 Å². The number of aliphatic hydroxyl groups excluding tert-OH is 1. The van der Waals surface area contributed by atoms with Gasteiger partial charge in [-0.1, -0.05) is 12.1 Å². The number of aliphatic hydroxyl groups is 1. The smallest absolute Gasteiger partial charge is 0.251 e. The normalized spacial score (nSPS) is 15.2. The molecule has 0 aromatic carbocycles. The Morgan fingerprint density at radius 1 is 1.00 bits per heavy atom. The summed E-state index contributed by atoms with van der Waals surface area (Å²) in [6.45, 7) is 0.694. The Hall–Kier alpha value is -4.64. The first-order valence-corrected chi connectivity index (χ1v) is 11.0. The molecule has 0 bridgehead atoms. The van der Waals surface area contributed by atoms with Crippen molar-refractivity contribution in [2.45, 2.75) is 12.5 Å². The topological polar surface area (TPSA) is 126 Å². The van der Waals surface area contributed by atoms with Crippen LogP contribution in [0.25, 0.3) is 22.7 Å². The molecule has 1 saturated heterocycles. The van der Waals surface area contributed by atoms with Crippen LogP contribution in [0.2, 0.25) is 0 Å². The van der Waals surface area contributed by atoms with E-state index in [1.165, 1.54) is 4.90 Å². The quantitative estimate of drug-likeness (QED) is 0.411. The third kappa shape index (κ3) is 4.84. The zero-order chi connectivity index (χ0) is 24.2. The second-order valence-corrected chi connectivity index (χ2v) is 7.88. The molecule has 35 heavy (non-hydrogen) atoms. The van der Waals surface area contributed by atoms with Crippen LogP contribution < -0.4 is 5.32 Å². The van der Waals surface area contributed by atoms with Gasteiger partial charge in [-0.25, -0.2) is 14.2 Å². The second kappa shape index (κ2) is 9.69. The van der Waals surface area contributed by atoms with Crippen LogP contribution in [0.1, 0.15) is 6.42 Å². The summed E-state index contributed by atoms with van der Waals surface area (Å²) in [5, 5.41) is 20.9. The lowest BCUT2D eigenvalue weighted by molar-refractivity contribution is -0.133. The Kier molecular flexibility index (Phi) is 6.14. The molecule has 6 heterocycles.